The third-order valence-electron chi connectivity index (χ3n) is 8.00. The number of phenols is 1. The van der Waals surface area contributed by atoms with Gasteiger partial charge in [-0.3, -0.25) is 14.9 Å². The van der Waals surface area contributed by atoms with Crippen LogP contribution in [0.1, 0.15) is 122 Å². The third kappa shape index (κ3) is 15.1. The maximum absolute atomic E-state index is 13.0. The zero-order chi connectivity index (χ0) is 34.4. The number of hydrogen-bond acceptors (Lipinski definition) is 7. The molecule has 2 rings (SSSR count). The number of aliphatic carboxylic acids is 1. The number of benzene rings is 2. The minimum absolute atomic E-state index is 0.0817. The molecule has 1 unspecified atom stereocenters. The number of unbranched alkanes of at least 4 members (excludes halogenated alkanes) is 10. The Morgan fingerprint density at radius 2 is 1.57 bits per heavy atom. The number of thioether (sulfide) groups is 1. The molecule has 1 atom stereocenters. The smallest absolute Gasteiger partial charge is 0.411 e. The fourth-order valence-electron chi connectivity index (χ4n) is 5.28. The van der Waals surface area contributed by atoms with Crippen molar-refractivity contribution in [3.05, 3.63) is 29.8 Å². The van der Waals surface area contributed by atoms with E-state index in [1.807, 2.05) is 20.8 Å². The number of carboxylic acid groups (broad SMARTS) is 1. The Bertz CT molecular complexity index is 1240. The van der Waals surface area contributed by atoms with Gasteiger partial charge in [0, 0.05) is 23.4 Å². The second kappa shape index (κ2) is 23.2. The Morgan fingerprint density at radius 3 is 2.21 bits per heavy atom. The molecule has 4 N–H and O–H groups in total. The predicted molar refractivity (Wildman–Crippen MR) is 193 cm³/mol. The minimum atomic E-state index is -0.766. The normalized spacial score (nSPS) is 11.9. The van der Waals surface area contributed by atoms with Crippen molar-refractivity contribution in [1.82, 2.24) is 5.32 Å². The summed E-state index contributed by atoms with van der Waals surface area (Å²) in [6.07, 6.45) is 13.9. The van der Waals surface area contributed by atoms with E-state index in [0.29, 0.717) is 46.7 Å². The van der Waals surface area contributed by atoms with E-state index < -0.39 is 23.9 Å². The second-order valence-electron chi connectivity index (χ2n) is 12.7. The number of phenolic OH excluding ortho intramolecular Hbond substituents is 1. The first-order valence-electron chi connectivity index (χ1n) is 17.6. The van der Waals surface area contributed by atoms with Gasteiger partial charge in [0.15, 0.2) is 0 Å². The summed E-state index contributed by atoms with van der Waals surface area (Å²) in [4.78, 5) is 37.4. The number of ether oxygens (including phenoxy) is 2. The van der Waals surface area contributed by atoms with Gasteiger partial charge in [-0.25, -0.2) is 4.79 Å². The molecular formula is C37H58N2O7S. The highest BCUT2D eigenvalue weighted by Gasteiger charge is 2.22. The predicted octanol–water partition coefficient (Wildman–Crippen LogP) is 9.40. The highest BCUT2D eigenvalue weighted by molar-refractivity contribution is 7.99. The number of hydrogen-bond donors (Lipinski definition) is 4. The largest absolute Gasteiger partial charge is 0.506 e. The van der Waals surface area contributed by atoms with Crippen molar-refractivity contribution in [3.63, 3.8) is 0 Å². The molecule has 2 aromatic rings. The van der Waals surface area contributed by atoms with E-state index in [-0.39, 0.29) is 30.4 Å². The van der Waals surface area contributed by atoms with Crippen LogP contribution in [0.15, 0.2) is 24.3 Å². The molecule has 10 heteroatoms. The monoisotopic (exact) mass is 674 g/mol. The SMILES string of the molecule is CCCCCCCCCCCCC(CSCCOc1cc(C(=O)NCCCC)c(O)c2cccc(NC(=O)OCC(C)C)c12)C(=O)O. The van der Waals surface area contributed by atoms with Crippen LogP contribution >= 0.6 is 11.8 Å². The molecule has 0 radical (unpaired) electrons. The van der Waals surface area contributed by atoms with Gasteiger partial charge in [-0.2, -0.15) is 11.8 Å². The average molecular weight is 675 g/mol. The fourth-order valence-corrected chi connectivity index (χ4v) is 6.24. The lowest BCUT2D eigenvalue weighted by atomic mass is 10.0. The van der Waals surface area contributed by atoms with Crippen LogP contribution in [0.25, 0.3) is 10.8 Å². The first-order chi connectivity index (χ1) is 22.7. The molecule has 2 aromatic carbocycles. The van der Waals surface area contributed by atoms with E-state index >= 15 is 0 Å². The number of carbonyl (C=O) groups excluding carboxylic acids is 2. The van der Waals surface area contributed by atoms with E-state index in [2.05, 4.69) is 17.6 Å². The molecule has 0 spiro atoms. The van der Waals surface area contributed by atoms with Gasteiger partial charge in [0.05, 0.1) is 35.8 Å². The summed E-state index contributed by atoms with van der Waals surface area (Å²) in [6, 6.07) is 6.54. The van der Waals surface area contributed by atoms with Crippen molar-refractivity contribution >= 4 is 46.2 Å². The minimum Gasteiger partial charge on any atom is -0.506 e. The maximum Gasteiger partial charge on any atom is 0.411 e. The maximum atomic E-state index is 13.0. The summed E-state index contributed by atoms with van der Waals surface area (Å²) in [5.74, 6) is -0.265. The highest BCUT2D eigenvalue weighted by atomic mass is 32.2. The number of carboxylic acids is 1. The molecule has 0 saturated heterocycles. The molecule has 47 heavy (non-hydrogen) atoms. The van der Waals surface area contributed by atoms with Crippen molar-refractivity contribution in [2.45, 2.75) is 111 Å². The topological polar surface area (TPSA) is 134 Å². The van der Waals surface area contributed by atoms with Crippen molar-refractivity contribution in [2.75, 3.05) is 36.6 Å². The van der Waals surface area contributed by atoms with Crippen LogP contribution in [0.3, 0.4) is 0 Å². The lowest BCUT2D eigenvalue weighted by Crippen LogP contribution is -2.24. The van der Waals surface area contributed by atoms with Crippen LogP contribution in [0.4, 0.5) is 10.5 Å². The molecule has 0 heterocycles. The third-order valence-corrected chi connectivity index (χ3v) is 9.09. The first kappa shape index (κ1) is 40.0. The van der Waals surface area contributed by atoms with Gasteiger partial charge in [-0.05, 0) is 30.9 Å². The fraction of sp³-hybridized carbons (Fsp3) is 0.649. The van der Waals surface area contributed by atoms with Crippen LogP contribution in [0.2, 0.25) is 0 Å². The van der Waals surface area contributed by atoms with Crippen LogP contribution in [0.5, 0.6) is 11.5 Å². The highest BCUT2D eigenvalue weighted by Crippen LogP contribution is 2.40. The molecule has 0 aromatic heterocycles. The average Bonchev–Trinajstić information content (AvgIpc) is 3.04. The molecule has 0 aliphatic rings. The summed E-state index contributed by atoms with van der Waals surface area (Å²) in [7, 11) is 0. The Labute approximate surface area is 285 Å². The van der Waals surface area contributed by atoms with Gasteiger partial charge in [-0.1, -0.05) is 110 Å². The first-order valence-corrected chi connectivity index (χ1v) is 18.8. The van der Waals surface area contributed by atoms with E-state index in [0.717, 1.165) is 32.1 Å². The lowest BCUT2D eigenvalue weighted by molar-refractivity contribution is -0.141. The quantitative estimate of drug-likeness (QED) is 0.0766. The van der Waals surface area contributed by atoms with Crippen molar-refractivity contribution in [3.8, 4) is 11.5 Å². The van der Waals surface area contributed by atoms with E-state index in [9.17, 15) is 24.6 Å². The number of amides is 2. The number of nitrogens with one attached hydrogen (secondary N) is 2. The summed E-state index contributed by atoms with van der Waals surface area (Å²) < 4.78 is 11.5. The van der Waals surface area contributed by atoms with Crippen molar-refractivity contribution in [1.29, 1.82) is 0 Å². The van der Waals surface area contributed by atoms with E-state index in [1.165, 1.54) is 62.8 Å². The van der Waals surface area contributed by atoms with E-state index in [4.69, 9.17) is 9.47 Å². The number of aromatic hydroxyl groups is 1. The zero-order valence-electron chi connectivity index (χ0n) is 29.0. The summed E-state index contributed by atoms with van der Waals surface area (Å²) in [5.41, 5.74) is 0.466. The number of rotatable bonds is 25. The number of carbonyl (C=O) groups is 3. The van der Waals surface area contributed by atoms with Crippen LogP contribution in [0, 0.1) is 11.8 Å². The van der Waals surface area contributed by atoms with Gasteiger partial charge in [0.1, 0.15) is 11.5 Å². The standard InChI is InChI=1S/C37H58N2O7S/c1-5-7-9-10-11-12-13-14-15-16-18-28(36(42)43)26-47-23-22-45-32-24-30(35(41)38-21-8-6-2)34(40)29-19-17-20-31(33(29)32)39-37(44)46-25-27(3)4/h17,19-20,24,27-28,40H,5-16,18,21-23,25-26H2,1-4H3,(H,38,41)(H,39,44)(H,42,43). The van der Waals surface area contributed by atoms with Gasteiger partial charge in [0.25, 0.3) is 5.91 Å². The summed E-state index contributed by atoms with van der Waals surface area (Å²) in [6.45, 7) is 9.12. The second-order valence-corrected chi connectivity index (χ2v) is 13.8. The van der Waals surface area contributed by atoms with Gasteiger partial charge < -0.3 is 25.0 Å². The van der Waals surface area contributed by atoms with Crippen molar-refractivity contribution < 1.29 is 34.1 Å². The Morgan fingerprint density at radius 1 is 0.915 bits per heavy atom. The summed E-state index contributed by atoms with van der Waals surface area (Å²) >= 11 is 1.52. The van der Waals surface area contributed by atoms with Crippen molar-refractivity contribution in [2.24, 2.45) is 11.8 Å². The van der Waals surface area contributed by atoms with Crippen LogP contribution in [-0.4, -0.2) is 59.4 Å². The molecule has 0 bridgehead atoms. The number of fused-ring (bicyclic) bond motifs is 1. The molecule has 2 amide bonds. The van der Waals surface area contributed by atoms with Crippen LogP contribution in [-0.2, 0) is 9.53 Å². The molecule has 9 nitrogen and oxygen atoms in total. The Hall–Kier alpha value is -3.14. The van der Waals surface area contributed by atoms with Gasteiger partial charge in [-0.15, -0.1) is 0 Å². The molecule has 0 fully saturated rings. The Balaban J connectivity index is 2.02. The molecule has 264 valence electrons. The van der Waals surface area contributed by atoms with Gasteiger partial charge >= 0.3 is 12.1 Å². The Kier molecular flexibility index (Phi) is 19.8. The molecular weight excluding hydrogens is 616 g/mol. The van der Waals surface area contributed by atoms with E-state index in [1.54, 1.807) is 18.2 Å². The molecule has 0 saturated carbocycles. The lowest BCUT2D eigenvalue weighted by Gasteiger charge is -2.18. The number of anilines is 1. The molecule has 0 aliphatic heterocycles. The summed E-state index contributed by atoms with van der Waals surface area (Å²) in [5, 5.41) is 27.3. The molecule has 0 aliphatic carbocycles. The van der Waals surface area contributed by atoms with Gasteiger partial charge in [0.2, 0.25) is 0 Å². The van der Waals surface area contributed by atoms with Crippen LogP contribution < -0.4 is 15.4 Å². The zero-order valence-corrected chi connectivity index (χ0v) is 29.9.